The maximum absolute atomic E-state index is 11.7. The molecule has 0 aliphatic heterocycles. The van der Waals surface area contributed by atoms with Crippen molar-refractivity contribution in [3.63, 3.8) is 0 Å². The van der Waals surface area contributed by atoms with E-state index in [1.165, 1.54) is 0 Å². The van der Waals surface area contributed by atoms with Crippen LogP contribution in [0.15, 0.2) is 4.79 Å². The molecule has 0 unspecified atom stereocenters. The van der Waals surface area contributed by atoms with Crippen molar-refractivity contribution in [1.29, 1.82) is 0 Å². The van der Waals surface area contributed by atoms with Crippen LogP contribution in [0.25, 0.3) is 0 Å². The molecule has 0 aliphatic rings. The predicted octanol–water partition coefficient (Wildman–Crippen LogP) is 0.206. The number of amides is 1. The second-order valence-corrected chi connectivity index (χ2v) is 5.30. The van der Waals surface area contributed by atoms with E-state index in [0.717, 1.165) is 0 Å². The minimum absolute atomic E-state index is 0.188. The highest BCUT2D eigenvalue weighted by Gasteiger charge is 2.14. The zero-order valence-corrected chi connectivity index (χ0v) is 11.8. The summed E-state index contributed by atoms with van der Waals surface area (Å²) >= 11 is 0. The van der Waals surface area contributed by atoms with Crippen LogP contribution in [-0.2, 0) is 11.2 Å². The molecule has 0 aromatic carbocycles. The Labute approximate surface area is 112 Å². The first kappa shape index (κ1) is 15.4. The fourth-order valence-corrected chi connectivity index (χ4v) is 1.69. The largest absolute Gasteiger partial charge is 0.389 e. The third-order valence-electron chi connectivity index (χ3n) is 2.66. The number of aliphatic hydroxyl groups is 1. The standard InChI is InChI=1S/C13H21N3O3/c1-8-10(12(18)16-9(2)15-8)5-6-11(17)14-7-13(3,4)19/h19H,5-7H2,1-4H3,(H,14,17)(H,15,16,18). The van der Waals surface area contributed by atoms with E-state index >= 15 is 0 Å². The first-order valence-electron chi connectivity index (χ1n) is 6.24. The molecular formula is C13H21N3O3. The fraction of sp³-hybridized carbons (Fsp3) is 0.615. The molecule has 106 valence electrons. The van der Waals surface area contributed by atoms with E-state index in [9.17, 15) is 14.7 Å². The summed E-state index contributed by atoms with van der Waals surface area (Å²) < 4.78 is 0. The van der Waals surface area contributed by atoms with Gasteiger partial charge in [-0.05, 0) is 34.1 Å². The molecule has 1 heterocycles. The van der Waals surface area contributed by atoms with Crippen LogP contribution in [-0.4, -0.2) is 33.1 Å². The van der Waals surface area contributed by atoms with Gasteiger partial charge in [0.25, 0.3) is 5.56 Å². The lowest BCUT2D eigenvalue weighted by Crippen LogP contribution is -2.38. The monoisotopic (exact) mass is 267 g/mol. The number of H-pyrrole nitrogens is 1. The van der Waals surface area contributed by atoms with Gasteiger partial charge in [-0.2, -0.15) is 0 Å². The van der Waals surface area contributed by atoms with Gasteiger partial charge >= 0.3 is 0 Å². The second-order valence-electron chi connectivity index (χ2n) is 5.30. The molecule has 19 heavy (non-hydrogen) atoms. The van der Waals surface area contributed by atoms with Crippen LogP contribution < -0.4 is 10.9 Å². The number of nitrogens with one attached hydrogen (secondary N) is 2. The van der Waals surface area contributed by atoms with E-state index in [4.69, 9.17) is 0 Å². The zero-order chi connectivity index (χ0) is 14.6. The van der Waals surface area contributed by atoms with Gasteiger partial charge in [-0.1, -0.05) is 0 Å². The van der Waals surface area contributed by atoms with Gasteiger partial charge < -0.3 is 15.4 Å². The van der Waals surface area contributed by atoms with E-state index in [0.29, 0.717) is 23.5 Å². The van der Waals surface area contributed by atoms with Crippen molar-refractivity contribution in [3.05, 3.63) is 27.4 Å². The number of hydrogen-bond donors (Lipinski definition) is 3. The Bertz CT molecular complexity index is 515. The van der Waals surface area contributed by atoms with Crippen LogP contribution in [0.4, 0.5) is 0 Å². The Morgan fingerprint density at radius 2 is 2.05 bits per heavy atom. The molecule has 6 nitrogen and oxygen atoms in total. The number of carbonyl (C=O) groups is 1. The lowest BCUT2D eigenvalue weighted by Gasteiger charge is -2.17. The van der Waals surface area contributed by atoms with E-state index in [2.05, 4.69) is 15.3 Å². The molecule has 0 fully saturated rings. The van der Waals surface area contributed by atoms with Gasteiger partial charge in [-0.25, -0.2) is 4.98 Å². The number of rotatable bonds is 5. The second kappa shape index (κ2) is 5.97. The van der Waals surface area contributed by atoms with E-state index in [-0.39, 0.29) is 24.4 Å². The topological polar surface area (TPSA) is 95.1 Å². The summed E-state index contributed by atoms with van der Waals surface area (Å²) in [5, 5.41) is 12.1. The average Bonchev–Trinajstić information content (AvgIpc) is 2.23. The van der Waals surface area contributed by atoms with Crippen molar-refractivity contribution in [2.24, 2.45) is 0 Å². The first-order chi connectivity index (χ1) is 8.69. The highest BCUT2D eigenvalue weighted by Crippen LogP contribution is 2.03. The Morgan fingerprint density at radius 1 is 1.42 bits per heavy atom. The number of nitrogens with zero attached hydrogens (tertiary/aromatic N) is 1. The maximum Gasteiger partial charge on any atom is 0.254 e. The van der Waals surface area contributed by atoms with Crippen LogP contribution >= 0.6 is 0 Å². The molecule has 1 rings (SSSR count). The Morgan fingerprint density at radius 3 is 2.58 bits per heavy atom. The molecule has 3 N–H and O–H groups in total. The molecule has 0 saturated carbocycles. The van der Waals surface area contributed by atoms with Gasteiger partial charge in [0, 0.05) is 24.2 Å². The summed E-state index contributed by atoms with van der Waals surface area (Å²) in [4.78, 5) is 30.1. The maximum atomic E-state index is 11.7. The van der Waals surface area contributed by atoms with Crippen molar-refractivity contribution in [3.8, 4) is 0 Å². The van der Waals surface area contributed by atoms with Gasteiger partial charge in [-0.3, -0.25) is 9.59 Å². The van der Waals surface area contributed by atoms with Crippen LogP contribution in [0.2, 0.25) is 0 Å². The van der Waals surface area contributed by atoms with Crippen LogP contribution in [0.3, 0.4) is 0 Å². The lowest BCUT2D eigenvalue weighted by atomic mass is 10.1. The van der Waals surface area contributed by atoms with Crippen LogP contribution in [0, 0.1) is 13.8 Å². The molecule has 1 aromatic rings. The predicted molar refractivity (Wildman–Crippen MR) is 72.0 cm³/mol. The number of aromatic amines is 1. The summed E-state index contributed by atoms with van der Waals surface area (Å²) in [7, 11) is 0. The first-order valence-corrected chi connectivity index (χ1v) is 6.24. The normalized spacial score (nSPS) is 11.4. The SMILES string of the molecule is Cc1nc(C)c(CCC(=O)NCC(C)(C)O)c(=O)[nH]1. The fourth-order valence-electron chi connectivity index (χ4n) is 1.69. The van der Waals surface area contributed by atoms with Crippen molar-refractivity contribution < 1.29 is 9.90 Å². The lowest BCUT2D eigenvalue weighted by molar-refractivity contribution is -0.122. The molecule has 1 aromatic heterocycles. The Kier molecular flexibility index (Phi) is 4.83. The van der Waals surface area contributed by atoms with Crippen LogP contribution in [0.5, 0.6) is 0 Å². The van der Waals surface area contributed by atoms with Gasteiger partial charge in [0.05, 0.1) is 5.60 Å². The van der Waals surface area contributed by atoms with Crippen molar-refractivity contribution in [2.45, 2.75) is 46.1 Å². The number of aromatic nitrogens is 2. The number of hydrogen-bond acceptors (Lipinski definition) is 4. The summed E-state index contributed by atoms with van der Waals surface area (Å²) in [5.41, 5.74) is 0.0508. The summed E-state index contributed by atoms with van der Waals surface area (Å²) in [6.07, 6.45) is 0.539. The average molecular weight is 267 g/mol. The minimum atomic E-state index is -0.936. The van der Waals surface area contributed by atoms with E-state index < -0.39 is 5.60 Å². The molecule has 0 radical (unpaired) electrons. The minimum Gasteiger partial charge on any atom is -0.389 e. The molecular weight excluding hydrogens is 246 g/mol. The molecule has 0 atom stereocenters. The molecule has 1 amide bonds. The molecule has 0 spiro atoms. The Balaban J connectivity index is 2.58. The molecule has 0 bridgehead atoms. The summed E-state index contributed by atoms with van der Waals surface area (Å²) in [6.45, 7) is 6.89. The van der Waals surface area contributed by atoms with Crippen LogP contribution in [0.1, 0.15) is 37.4 Å². The van der Waals surface area contributed by atoms with Crippen molar-refractivity contribution in [1.82, 2.24) is 15.3 Å². The van der Waals surface area contributed by atoms with Gasteiger partial charge in [0.1, 0.15) is 5.82 Å². The summed E-state index contributed by atoms with van der Waals surface area (Å²) in [6, 6.07) is 0. The van der Waals surface area contributed by atoms with E-state index in [1.807, 2.05) is 0 Å². The van der Waals surface area contributed by atoms with Crippen molar-refractivity contribution in [2.75, 3.05) is 6.54 Å². The number of aryl methyl sites for hydroxylation is 2. The third-order valence-corrected chi connectivity index (χ3v) is 2.66. The highest BCUT2D eigenvalue weighted by atomic mass is 16.3. The van der Waals surface area contributed by atoms with E-state index in [1.54, 1.807) is 27.7 Å². The molecule has 0 aliphatic carbocycles. The Hall–Kier alpha value is -1.69. The van der Waals surface area contributed by atoms with Gasteiger partial charge in [0.2, 0.25) is 5.91 Å². The quantitative estimate of drug-likeness (QED) is 0.710. The summed E-state index contributed by atoms with van der Waals surface area (Å²) in [5.74, 6) is 0.374. The van der Waals surface area contributed by atoms with Gasteiger partial charge in [-0.15, -0.1) is 0 Å². The third kappa shape index (κ3) is 5.21. The van der Waals surface area contributed by atoms with Gasteiger partial charge in [0.15, 0.2) is 0 Å². The molecule has 0 saturated heterocycles. The molecule has 6 heteroatoms. The highest BCUT2D eigenvalue weighted by molar-refractivity contribution is 5.76. The number of carbonyl (C=O) groups excluding carboxylic acids is 1. The van der Waals surface area contributed by atoms with Crippen molar-refractivity contribution >= 4 is 5.91 Å². The smallest absolute Gasteiger partial charge is 0.254 e. The zero-order valence-electron chi connectivity index (χ0n) is 11.8.